The molecule has 0 radical (unpaired) electrons. The standard InChI is InChI=1S/C23H28N4O6S3/c1-3-33-14-13-26-19-11-10-18(35(24,29)30)15-21(19)34-23(26)25-22(28)20-5-4-12-27(20)36(31,32)17-8-6-16(2)7-9-17/h6-11,15,20H,3-5,12-14H2,1-2H3,(H2,24,29,30). The van der Waals surface area contributed by atoms with Crippen LogP contribution in [0.4, 0.5) is 0 Å². The minimum absolute atomic E-state index is 0.0442. The summed E-state index contributed by atoms with van der Waals surface area (Å²) in [7, 11) is -7.77. The molecule has 2 N–H and O–H groups in total. The van der Waals surface area contributed by atoms with Crippen LogP contribution in [0.2, 0.25) is 0 Å². The van der Waals surface area contributed by atoms with Crippen molar-refractivity contribution in [3.63, 3.8) is 0 Å². The molecule has 1 atom stereocenters. The molecule has 1 saturated heterocycles. The third-order valence-corrected chi connectivity index (χ3v) is 9.84. The Balaban J connectivity index is 1.73. The van der Waals surface area contributed by atoms with E-state index in [1.165, 1.54) is 16.4 Å². The van der Waals surface area contributed by atoms with Gasteiger partial charge >= 0.3 is 0 Å². The molecule has 0 bridgehead atoms. The number of thiazole rings is 1. The molecule has 0 spiro atoms. The topological polar surface area (TPSA) is 141 Å². The van der Waals surface area contributed by atoms with E-state index in [0.717, 1.165) is 16.9 Å². The average molecular weight is 553 g/mol. The number of benzene rings is 2. The van der Waals surface area contributed by atoms with E-state index in [-0.39, 0.29) is 16.3 Å². The smallest absolute Gasteiger partial charge is 0.266 e. The molecule has 1 fully saturated rings. The average Bonchev–Trinajstić information content (AvgIpc) is 3.44. The van der Waals surface area contributed by atoms with Gasteiger partial charge in [0.1, 0.15) is 6.04 Å². The molecule has 4 rings (SSSR count). The van der Waals surface area contributed by atoms with Gasteiger partial charge in [0.05, 0.1) is 26.6 Å². The van der Waals surface area contributed by atoms with Crippen molar-refractivity contribution in [2.75, 3.05) is 19.8 Å². The minimum Gasteiger partial charge on any atom is -0.380 e. The third-order valence-electron chi connectivity index (χ3n) is 5.97. The summed E-state index contributed by atoms with van der Waals surface area (Å²) in [5.74, 6) is -0.563. The quantitative estimate of drug-likeness (QED) is 0.424. The maximum Gasteiger partial charge on any atom is 0.266 e. The second-order valence-corrected chi connectivity index (χ2v) is 12.9. The second kappa shape index (κ2) is 10.5. The number of primary sulfonamides is 1. The van der Waals surface area contributed by atoms with E-state index < -0.39 is 32.0 Å². The Hall–Kier alpha value is -2.42. The van der Waals surface area contributed by atoms with E-state index in [2.05, 4.69) is 4.99 Å². The fraction of sp³-hybridized carbons (Fsp3) is 0.391. The van der Waals surface area contributed by atoms with Crippen molar-refractivity contribution in [2.24, 2.45) is 10.1 Å². The Morgan fingerprint density at radius 1 is 1.14 bits per heavy atom. The number of aromatic nitrogens is 1. The van der Waals surface area contributed by atoms with E-state index in [0.29, 0.717) is 47.6 Å². The van der Waals surface area contributed by atoms with Crippen LogP contribution >= 0.6 is 11.3 Å². The normalized spacial score (nSPS) is 17.8. The highest BCUT2D eigenvalue weighted by molar-refractivity contribution is 7.89. The van der Waals surface area contributed by atoms with Crippen LogP contribution in [-0.4, -0.2) is 57.4 Å². The van der Waals surface area contributed by atoms with Crippen LogP contribution in [0.5, 0.6) is 0 Å². The van der Waals surface area contributed by atoms with Crippen LogP contribution in [0.3, 0.4) is 0 Å². The molecule has 0 aliphatic carbocycles. The van der Waals surface area contributed by atoms with Gasteiger partial charge in [0.25, 0.3) is 5.91 Å². The molecule has 194 valence electrons. The van der Waals surface area contributed by atoms with Gasteiger partial charge in [-0.1, -0.05) is 29.0 Å². The maximum atomic E-state index is 13.3. The van der Waals surface area contributed by atoms with Crippen molar-refractivity contribution >= 4 is 47.5 Å². The van der Waals surface area contributed by atoms with Gasteiger partial charge in [-0.25, -0.2) is 22.0 Å². The first-order valence-electron chi connectivity index (χ1n) is 11.4. The summed E-state index contributed by atoms with van der Waals surface area (Å²) in [6, 6.07) is 10.1. The molecule has 10 nitrogen and oxygen atoms in total. The van der Waals surface area contributed by atoms with E-state index >= 15 is 0 Å². The number of aryl methyl sites for hydroxylation is 1. The summed E-state index contributed by atoms with van der Waals surface area (Å²) < 4.78 is 59.2. The first kappa shape index (κ1) is 26.6. The lowest BCUT2D eigenvalue weighted by Crippen LogP contribution is -2.40. The Morgan fingerprint density at radius 2 is 1.83 bits per heavy atom. The predicted octanol–water partition coefficient (Wildman–Crippen LogP) is 1.98. The van der Waals surface area contributed by atoms with Gasteiger partial charge in [-0.2, -0.15) is 9.30 Å². The number of rotatable bonds is 8. The highest BCUT2D eigenvalue weighted by Gasteiger charge is 2.39. The second-order valence-electron chi connectivity index (χ2n) is 8.44. The molecule has 0 saturated carbocycles. The Kier molecular flexibility index (Phi) is 7.78. The van der Waals surface area contributed by atoms with E-state index in [1.54, 1.807) is 34.9 Å². The predicted molar refractivity (Wildman–Crippen MR) is 136 cm³/mol. The lowest BCUT2D eigenvalue weighted by molar-refractivity contribution is -0.121. The van der Waals surface area contributed by atoms with E-state index in [1.807, 2.05) is 13.8 Å². The molecular formula is C23H28N4O6S3. The van der Waals surface area contributed by atoms with Gasteiger partial charge in [0, 0.05) is 19.7 Å². The zero-order chi connectivity index (χ0) is 26.1. The Labute approximate surface area is 214 Å². The number of nitrogens with zero attached hydrogens (tertiary/aromatic N) is 3. The van der Waals surface area contributed by atoms with Crippen LogP contribution in [0, 0.1) is 6.92 Å². The molecule has 1 aliphatic rings. The molecule has 1 amide bonds. The van der Waals surface area contributed by atoms with Crippen molar-refractivity contribution in [1.82, 2.24) is 8.87 Å². The fourth-order valence-corrected chi connectivity index (χ4v) is 7.49. The van der Waals surface area contributed by atoms with Crippen molar-refractivity contribution in [1.29, 1.82) is 0 Å². The number of carbonyl (C=O) groups is 1. The SMILES string of the molecule is CCOCCn1c(=NC(=O)C2CCCN2S(=O)(=O)c2ccc(C)cc2)sc2cc(S(N)(=O)=O)ccc21. The lowest BCUT2D eigenvalue weighted by Gasteiger charge is -2.21. The summed E-state index contributed by atoms with van der Waals surface area (Å²) in [5, 5.41) is 5.28. The van der Waals surface area contributed by atoms with Gasteiger partial charge in [0.15, 0.2) is 4.80 Å². The summed E-state index contributed by atoms with van der Waals surface area (Å²) >= 11 is 1.14. The number of carbonyl (C=O) groups excluding carboxylic acids is 1. The summed E-state index contributed by atoms with van der Waals surface area (Å²) in [4.78, 5) is 18.1. The number of sulfonamides is 2. The zero-order valence-corrected chi connectivity index (χ0v) is 22.4. The van der Waals surface area contributed by atoms with Crippen LogP contribution in [0.25, 0.3) is 10.2 Å². The van der Waals surface area contributed by atoms with E-state index in [4.69, 9.17) is 9.88 Å². The zero-order valence-electron chi connectivity index (χ0n) is 20.0. The van der Waals surface area contributed by atoms with Gasteiger partial charge in [-0.05, 0) is 57.0 Å². The Morgan fingerprint density at radius 3 is 2.50 bits per heavy atom. The first-order chi connectivity index (χ1) is 17.0. The van der Waals surface area contributed by atoms with Crippen molar-refractivity contribution in [2.45, 2.75) is 49.1 Å². The minimum atomic E-state index is -3.91. The summed E-state index contributed by atoms with van der Waals surface area (Å²) in [5.41, 5.74) is 1.61. The van der Waals surface area contributed by atoms with Gasteiger partial charge in [0.2, 0.25) is 20.0 Å². The first-order valence-corrected chi connectivity index (χ1v) is 15.2. The Bertz CT molecular complexity index is 1560. The van der Waals surface area contributed by atoms with E-state index in [9.17, 15) is 21.6 Å². The lowest BCUT2D eigenvalue weighted by atomic mass is 10.2. The highest BCUT2D eigenvalue weighted by atomic mass is 32.2. The number of nitrogens with two attached hydrogens (primary N) is 1. The van der Waals surface area contributed by atoms with Crippen molar-refractivity contribution in [3.05, 3.63) is 52.8 Å². The molecule has 2 heterocycles. The van der Waals surface area contributed by atoms with Gasteiger partial charge in [-0.3, -0.25) is 4.79 Å². The molecule has 3 aromatic rings. The van der Waals surface area contributed by atoms with Crippen LogP contribution in [-0.2, 0) is 36.1 Å². The molecule has 36 heavy (non-hydrogen) atoms. The van der Waals surface area contributed by atoms with Crippen LogP contribution < -0.4 is 9.94 Å². The number of fused-ring (bicyclic) bond motifs is 1. The molecule has 13 heteroatoms. The van der Waals surface area contributed by atoms with Crippen molar-refractivity contribution in [3.8, 4) is 0 Å². The molecule has 1 aromatic heterocycles. The third kappa shape index (κ3) is 5.45. The number of hydrogen-bond acceptors (Lipinski definition) is 7. The number of amides is 1. The van der Waals surface area contributed by atoms with Gasteiger partial charge in [-0.15, -0.1) is 0 Å². The maximum absolute atomic E-state index is 13.3. The van der Waals surface area contributed by atoms with Crippen LogP contribution in [0.15, 0.2) is 57.2 Å². The molecular weight excluding hydrogens is 524 g/mol. The number of ether oxygens (including phenoxy) is 1. The molecule has 2 aromatic carbocycles. The monoisotopic (exact) mass is 552 g/mol. The highest BCUT2D eigenvalue weighted by Crippen LogP contribution is 2.27. The van der Waals surface area contributed by atoms with Crippen molar-refractivity contribution < 1.29 is 26.4 Å². The van der Waals surface area contributed by atoms with Crippen LogP contribution in [0.1, 0.15) is 25.3 Å². The van der Waals surface area contributed by atoms with Gasteiger partial charge < -0.3 is 9.30 Å². The largest absolute Gasteiger partial charge is 0.380 e. The molecule has 1 unspecified atom stereocenters. The summed E-state index contributed by atoms with van der Waals surface area (Å²) in [6.45, 7) is 5.22. The summed E-state index contributed by atoms with van der Waals surface area (Å²) in [6.07, 6.45) is 0.915. The number of hydrogen-bond donors (Lipinski definition) is 1. The fourth-order valence-electron chi connectivity index (χ4n) is 4.12. The molecule has 1 aliphatic heterocycles.